The summed E-state index contributed by atoms with van der Waals surface area (Å²) in [7, 11) is 0. The fraction of sp³-hybridized carbons (Fsp3) is 0.333. The van der Waals surface area contributed by atoms with E-state index in [1.807, 2.05) is 13.0 Å². The van der Waals surface area contributed by atoms with Gasteiger partial charge in [0.15, 0.2) is 0 Å². The SMILES string of the molecule is Cc1cc(C2=CC[N-]CC2)ccc1N.[K+]. The minimum absolute atomic E-state index is 0. The van der Waals surface area contributed by atoms with E-state index in [2.05, 4.69) is 23.5 Å². The summed E-state index contributed by atoms with van der Waals surface area (Å²) in [5.74, 6) is 0. The molecule has 0 atom stereocenters. The minimum atomic E-state index is 0. The second-order valence-electron chi connectivity index (χ2n) is 3.68. The van der Waals surface area contributed by atoms with Gasteiger partial charge in [0.2, 0.25) is 0 Å². The predicted molar refractivity (Wildman–Crippen MR) is 61.3 cm³/mol. The van der Waals surface area contributed by atoms with Gasteiger partial charge in [0.25, 0.3) is 0 Å². The van der Waals surface area contributed by atoms with Crippen molar-refractivity contribution in [3.8, 4) is 0 Å². The number of benzene rings is 1. The smallest absolute Gasteiger partial charge is 0.659 e. The molecule has 1 heterocycles. The zero-order valence-electron chi connectivity index (χ0n) is 9.46. The summed E-state index contributed by atoms with van der Waals surface area (Å²) in [4.78, 5) is 0. The van der Waals surface area contributed by atoms with Crippen molar-refractivity contribution in [1.82, 2.24) is 0 Å². The number of hydrogen-bond donors (Lipinski definition) is 1. The molecular weight excluding hydrogens is 211 g/mol. The normalized spacial score (nSPS) is 15.4. The molecule has 1 aromatic carbocycles. The summed E-state index contributed by atoms with van der Waals surface area (Å²) >= 11 is 0. The van der Waals surface area contributed by atoms with Crippen molar-refractivity contribution in [3.63, 3.8) is 0 Å². The van der Waals surface area contributed by atoms with Crippen molar-refractivity contribution in [2.75, 3.05) is 18.8 Å². The summed E-state index contributed by atoms with van der Waals surface area (Å²) < 4.78 is 0. The molecule has 2 N–H and O–H groups in total. The van der Waals surface area contributed by atoms with Gasteiger partial charge in [-0.05, 0) is 42.2 Å². The Bertz CT molecular complexity index is 372. The first-order valence-corrected chi connectivity index (χ1v) is 4.96. The molecule has 15 heavy (non-hydrogen) atoms. The Morgan fingerprint density at radius 3 is 2.73 bits per heavy atom. The molecule has 0 spiro atoms. The molecule has 2 rings (SSSR count). The van der Waals surface area contributed by atoms with E-state index in [0.29, 0.717) is 0 Å². The van der Waals surface area contributed by atoms with E-state index < -0.39 is 0 Å². The van der Waals surface area contributed by atoms with Gasteiger partial charge in [0, 0.05) is 5.69 Å². The number of nitrogens with zero attached hydrogens (tertiary/aromatic N) is 1. The summed E-state index contributed by atoms with van der Waals surface area (Å²) in [5, 5.41) is 4.29. The first kappa shape index (κ1) is 13.4. The van der Waals surface area contributed by atoms with Crippen LogP contribution < -0.4 is 57.1 Å². The number of rotatable bonds is 1. The molecule has 0 saturated heterocycles. The Morgan fingerprint density at radius 2 is 2.13 bits per heavy atom. The molecule has 0 aromatic heterocycles. The van der Waals surface area contributed by atoms with Crippen molar-refractivity contribution in [3.05, 3.63) is 40.7 Å². The van der Waals surface area contributed by atoms with Gasteiger partial charge in [-0.2, -0.15) is 0 Å². The number of nitrogens with two attached hydrogens (primary N) is 1. The number of hydrogen-bond acceptors (Lipinski definition) is 1. The molecule has 1 aliphatic rings. The van der Waals surface area contributed by atoms with E-state index in [1.54, 1.807) is 0 Å². The van der Waals surface area contributed by atoms with Crippen LogP contribution >= 0.6 is 0 Å². The molecule has 0 amide bonds. The fourth-order valence-corrected chi connectivity index (χ4v) is 1.71. The van der Waals surface area contributed by atoms with Crippen molar-refractivity contribution in [2.24, 2.45) is 0 Å². The third-order valence-electron chi connectivity index (χ3n) is 2.65. The van der Waals surface area contributed by atoms with Crippen molar-refractivity contribution in [1.29, 1.82) is 0 Å². The maximum Gasteiger partial charge on any atom is 1.00 e. The van der Waals surface area contributed by atoms with Crippen molar-refractivity contribution >= 4 is 11.3 Å². The molecule has 74 valence electrons. The average Bonchev–Trinajstić information content (AvgIpc) is 2.23. The van der Waals surface area contributed by atoms with Gasteiger partial charge in [-0.1, -0.05) is 6.07 Å². The molecule has 0 radical (unpaired) electrons. The van der Waals surface area contributed by atoms with Crippen LogP contribution in [0.15, 0.2) is 24.3 Å². The molecule has 3 heteroatoms. The van der Waals surface area contributed by atoms with Crippen LogP contribution in [0.2, 0.25) is 0 Å². The Morgan fingerprint density at radius 1 is 1.33 bits per heavy atom. The molecular formula is C12H15KN2. The van der Waals surface area contributed by atoms with E-state index in [-0.39, 0.29) is 51.4 Å². The van der Waals surface area contributed by atoms with Crippen LogP contribution in [-0.4, -0.2) is 13.1 Å². The molecule has 0 saturated carbocycles. The van der Waals surface area contributed by atoms with Crippen LogP contribution in [0.3, 0.4) is 0 Å². The molecule has 0 fully saturated rings. The van der Waals surface area contributed by atoms with Crippen molar-refractivity contribution < 1.29 is 51.4 Å². The quantitative estimate of drug-likeness (QED) is 0.520. The van der Waals surface area contributed by atoms with Gasteiger partial charge >= 0.3 is 51.4 Å². The van der Waals surface area contributed by atoms with Crippen LogP contribution in [0.4, 0.5) is 5.69 Å². The average molecular weight is 226 g/mol. The summed E-state index contributed by atoms with van der Waals surface area (Å²) in [6.07, 6.45) is 3.26. The zero-order valence-corrected chi connectivity index (χ0v) is 12.6. The molecule has 1 aliphatic heterocycles. The summed E-state index contributed by atoms with van der Waals surface area (Å²) in [6, 6.07) is 6.24. The first-order chi connectivity index (χ1) is 6.77. The summed E-state index contributed by atoms with van der Waals surface area (Å²) in [6.45, 7) is 3.86. The Hall–Kier alpha value is 0.356. The van der Waals surface area contributed by atoms with Crippen LogP contribution in [0.25, 0.3) is 10.9 Å². The topological polar surface area (TPSA) is 40.1 Å². The second-order valence-corrected chi connectivity index (χ2v) is 3.68. The maximum atomic E-state index is 5.78. The molecule has 0 aliphatic carbocycles. The molecule has 0 bridgehead atoms. The van der Waals surface area contributed by atoms with Gasteiger partial charge in [0.1, 0.15) is 0 Å². The largest absolute Gasteiger partial charge is 1.00 e. The third kappa shape index (κ3) is 3.41. The van der Waals surface area contributed by atoms with E-state index in [0.717, 1.165) is 30.8 Å². The standard InChI is InChI=1S/C12H15N2.K/c1-9-8-11(2-3-12(9)13)10-4-6-14-7-5-10;/h2-4,8H,5-7,13H2,1H3;/q-1;+1. The molecule has 0 unspecified atom stereocenters. The maximum absolute atomic E-state index is 5.78. The van der Waals surface area contributed by atoms with Gasteiger partial charge in [0.05, 0.1) is 0 Å². The van der Waals surface area contributed by atoms with Gasteiger partial charge in [-0.25, -0.2) is 0 Å². The summed E-state index contributed by atoms with van der Waals surface area (Å²) in [5.41, 5.74) is 10.5. The molecule has 1 aromatic rings. The Balaban J connectivity index is 0.00000112. The monoisotopic (exact) mass is 226 g/mol. The van der Waals surface area contributed by atoms with E-state index in [1.165, 1.54) is 11.1 Å². The number of anilines is 1. The van der Waals surface area contributed by atoms with E-state index >= 15 is 0 Å². The Labute approximate surface area is 134 Å². The number of nitrogen functional groups attached to an aromatic ring is 1. The predicted octanol–water partition coefficient (Wildman–Crippen LogP) is -0.258. The zero-order chi connectivity index (χ0) is 9.97. The Kier molecular flexibility index (Phi) is 5.53. The van der Waals surface area contributed by atoms with Crippen LogP contribution in [0.5, 0.6) is 0 Å². The number of aryl methyl sites for hydroxylation is 1. The van der Waals surface area contributed by atoms with E-state index in [4.69, 9.17) is 5.73 Å². The minimum Gasteiger partial charge on any atom is -0.659 e. The first-order valence-electron chi connectivity index (χ1n) is 4.96. The van der Waals surface area contributed by atoms with Crippen molar-refractivity contribution in [2.45, 2.75) is 13.3 Å². The fourth-order valence-electron chi connectivity index (χ4n) is 1.71. The second kappa shape index (κ2) is 6.18. The van der Waals surface area contributed by atoms with Crippen LogP contribution in [0, 0.1) is 6.92 Å². The van der Waals surface area contributed by atoms with Gasteiger partial charge < -0.3 is 11.1 Å². The van der Waals surface area contributed by atoms with Crippen LogP contribution in [-0.2, 0) is 0 Å². The van der Waals surface area contributed by atoms with E-state index in [9.17, 15) is 0 Å². The third-order valence-corrected chi connectivity index (χ3v) is 2.65. The van der Waals surface area contributed by atoms with Gasteiger partial charge in [-0.3, -0.25) is 0 Å². The molecule has 2 nitrogen and oxygen atoms in total. The van der Waals surface area contributed by atoms with Gasteiger partial charge in [-0.15, -0.1) is 19.2 Å². The van der Waals surface area contributed by atoms with Crippen LogP contribution in [0.1, 0.15) is 17.5 Å².